The Morgan fingerprint density at radius 2 is 2.00 bits per heavy atom. The molecule has 2 rings (SSSR count). The summed E-state index contributed by atoms with van der Waals surface area (Å²) in [6, 6.07) is 6.95. The monoisotopic (exact) mass is 353 g/mol. The van der Waals surface area contributed by atoms with Gasteiger partial charge in [0.15, 0.2) is 0 Å². The zero-order valence-electron chi connectivity index (χ0n) is 14.2. The van der Waals surface area contributed by atoms with Crippen molar-refractivity contribution in [3.05, 3.63) is 29.8 Å². The lowest BCUT2D eigenvalue weighted by molar-refractivity contribution is -0.125. The van der Waals surface area contributed by atoms with Crippen LogP contribution in [-0.2, 0) is 21.2 Å². The summed E-state index contributed by atoms with van der Waals surface area (Å²) in [6.45, 7) is 2.77. The molecule has 3 N–H and O–H groups in total. The Hall–Kier alpha value is -1.60. The first-order valence-corrected chi connectivity index (χ1v) is 10.2. The van der Waals surface area contributed by atoms with Crippen molar-refractivity contribution in [3.63, 3.8) is 0 Å². The number of anilines is 1. The van der Waals surface area contributed by atoms with Gasteiger partial charge in [0, 0.05) is 18.8 Å². The highest BCUT2D eigenvalue weighted by molar-refractivity contribution is 7.89. The summed E-state index contributed by atoms with van der Waals surface area (Å²) in [7, 11) is -3.35. The van der Waals surface area contributed by atoms with Gasteiger partial charge in [0.2, 0.25) is 15.9 Å². The zero-order chi connectivity index (χ0) is 17.6. The fourth-order valence-electron chi connectivity index (χ4n) is 3.01. The van der Waals surface area contributed by atoms with E-state index in [2.05, 4.69) is 5.32 Å². The highest BCUT2D eigenvalue weighted by atomic mass is 32.2. The molecule has 0 aromatic heterocycles. The highest BCUT2D eigenvalue weighted by Crippen LogP contribution is 2.21. The Balaban J connectivity index is 1.92. The van der Waals surface area contributed by atoms with Gasteiger partial charge in [-0.25, -0.2) is 8.42 Å². The van der Waals surface area contributed by atoms with Crippen LogP contribution in [0, 0.1) is 0 Å². The quantitative estimate of drug-likeness (QED) is 0.727. The van der Waals surface area contributed by atoms with E-state index >= 15 is 0 Å². The number of nitrogens with two attached hydrogens (primary N) is 1. The molecule has 0 bridgehead atoms. The van der Waals surface area contributed by atoms with E-state index in [9.17, 15) is 13.2 Å². The van der Waals surface area contributed by atoms with Crippen molar-refractivity contribution in [1.29, 1.82) is 0 Å². The lowest BCUT2D eigenvalue weighted by atomic mass is 10.0. The SMILES string of the molecule is CCCS(=O)(=O)N1CCCCC1C(=O)NCCc1ccc(N)cc1. The molecule has 0 radical (unpaired) electrons. The summed E-state index contributed by atoms with van der Waals surface area (Å²) in [5.74, 6) is -0.0906. The van der Waals surface area contributed by atoms with Gasteiger partial charge in [-0.15, -0.1) is 0 Å². The first-order valence-electron chi connectivity index (χ1n) is 8.55. The number of carbonyl (C=O) groups is 1. The number of carbonyl (C=O) groups excluding carboxylic acids is 1. The van der Waals surface area contributed by atoms with Gasteiger partial charge in [0.25, 0.3) is 0 Å². The predicted octanol–water partition coefficient (Wildman–Crippen LogP) is 1.52. The van der Waals surface area contributed by atoms with Crippen LogP contribution in [0.15, 0.2) is 24.3 Å². The molecule has 1 aliphatic heterocycles. The number of nitrogens with one attached hydrogen (secondary N) is 1. The first-order chi connectivity index (χ1) is 11.4. The molecule has 0 spiro atoms. The van der Waals surface area contributed by atoms with Gasteiger partial charge >= 0.3 is 0 Å². The molecule has 6 nitrogen and oxygen atoms in total. The number of nitrogen functional groups attached to an aromatic ring is 1. The lowest BCUT2D eigenvalue weighted by Gasteiger charge is -2.33. The average Bonchev–Trinajstić information content (AvgIpc) is 2.56. The number of hydrogen-bond donors (Lipinski definition) is 2. The van der Waals surface area contributed by atoms with Gasteiger partial charge in [-0.2, -0.15) is 4.31 Å². The van der Waals surface area contributed by atoms with Crippen LogP contribution in [0.3, 0.4) is 0 Å². The van der Waals surface area contributed by atoms with E-state index in [0.29, 0.717) is 38.0 Å². The molecule has 1 aromatic carbocycles. The third kappa shape index (κ3) is 4.95. The molecule has 1 heterocycles. The van der Waals surface area contributed by atoms with Crippen molar-refractivity contribution in [2.45, 2.75) is 45.1 Å². The highest BCUT2D eigenvalue weighted by Gasteiger charge is 2.35. The summed E-state index contributed by atoms with van der Waals surface area (Å²) in [5, 5.41) is 2.88. The molecule has 134 valence electrons. The second-order valence-corrected chi connectivity index (χ2v) is 8.26. The number of sulfonamides is 1. The minimum absolute atomic E-state index is 0.0994. The van der Waals surface area contributed by atoms with E-state index in [1.807, 2.05) is 31.2 Å². The third-order valence-corrected chi connectivity index (χ3v) is 6.34. The van der Waals surface area contributed by atoms with Crippen LogP contribution in [0.25, 0.3) is 0 Å². The minimum Gasteiger partial charge on any atom is -0.399 e. The molecular formula is C17H27N3O3S. The van der Waals surface area contributed by atoms with Gasteiger partial charge in [-0.05, 0) is 43.4 Å². The van der Waals surface area contributed by atoms with Gasteiger partial charge in [0.1, 0.15) is 6.04 Å². The average molecular weight is 353 g/mol. The number of nitrogens with zero attached hydrogens (tertiary/aromatic N) is 1. The summed E-state index contributed by atoms with van der Waals surface area (Å²) < 4.78 is 26.1. The molecule has 1 saturated heterocycles. The summed E-state index contributed by atoms with van der Waals surface area (Å²) in [5.41, 5.74) is 7.45. The zero-order valence-corrected chi connectivity index (χ0v) is 15.0. The Bertz CT molecular complexity index is 644. The van der Waals surface area contributed by atoms with E-state index in [1.54, 1.807) is 0 Å². The molecule has 1 fully saturated rings. The first kappa shape index (κ1) is 18.7. The van der Waals surface area contributed by atoms with Crippen LogP contribution < -0.4 is 11.1 Å². The van der Waals surface area contributed by atoms with E-state index in [-0.39, 0.29) is 11.7 Å². The van der Waals surface area contributed by atoms with Gasteiger partial charge in [0.05, 0.1) is 5.75 Å². The normalized spacial score (nSPS) is 19.1. The van der Waals surface area contributed by atoms with Crippen LogP contribution in [0.1, 0.15) is 38.2 Å². The Morgan fingerprint density at radius 1 is 1.29 bits per heavy atom. The standard InChI is InChI=1S/C17H27N3O3S/c1-2-13-24(22,23)20-12-4-3-5-16(20)17(21)19-11-10-14-6-8-15(18)9-7-14/h6-9,16H,2-5,10-13,18H2,1H3,(H,19,21). The maximum Gasteiger partial charge on any atom is 0.238 e. The van der Waals surface area contributed by atoms with Crippen LogP contribution in [-0.4, -0.2) is 43.5 Å². The van der Waals surface area contributed by atoms with E-state index < -0.39 is 16.1 Å². The molecule has 0 aliphatic carbocycles. The number of benzene rings is 1. The topological polar surface area (TPSA) is 92.5 Å². The summed E-state index contributed by atoms with van der Waals surface area (Å²) >= 11 is 0. The minimum atomic E-state index is -3.35. The number of rotatable bonds is 7. The summed E-state index contributed by atoms with van der Waals surface area (Å²) in [6.07, 6.45) is 3.55. The van der Waals surface area contributed by atoms with E-state index in [1.165, 1.54) is 4.31 Å². The molecule has 24 heavy (non-hydrogen) atoms. The smallest absolute Gasteiger partial charge is 0.238 e. The van der Waals surface area contributed by atoms with Crippen LogP contribution in [0.4, 0.5) is 5.69 Å². The molecule has 1 amide bonds. The van der Waals surface area contributed by atoms with Crippen molar-refractivity contribution >= 4 is 21.6 Å². The molecular weight excluding hydrogens is 326 g/mol. The summed E-state index contributed by atoms with van der Waals surface area (Å²) in [4.78, 5) is 12.5. The molecule has 1 aromatic rings. The lowest BCUT2D eigenvalue weighted by Crippen LogP contribution is -2.52. The Morgan fingerprint density at radius 3 is 2.67 bits per heavy atom. The van der Waals surface area contributed by atoms with Crippen molar-refractivity contribution in [2.24, 2.45) is 0 Å². The van der Waals surface area contributed by atoms with Gasteiger partial charge in [-0.3, -0.25) is 4.79 Å². The third-order valence-electron chi connectivity index (χ3n) is 4.27. The number of hydrogen-bond acceptors (Lipinski definition) is 4. The largest absolute Gasteiger partial charge is 0.399 e. The van der Waals surface area contributed by atoms with Crippen molar-refractivity contribution in [3.8, 4) is 0 Å². The van der Waals surface area contributed by atoms with E-state index in [0.717, 1.165) is 18.4 Å². The van der Waals surface area contributed by atoms with Crippen molar-refractivity contribution in [1.82, 2.24) is 9.62 Å². The Kier molecular flexibility index (Phi) is 6.62. The van der Waals surface area contributed by atoms with Crippen molar-refractivity contribution in [2.75, 3.05) is 24.6 Å². The molecule has 1 unspecified atom stereocenters. The molecule has 1 aliphatic rings. The fraction of sp³-hybridized carbons (Fsp3) is 0.588. The number of piperidine rings is 1. The van der Waals surface area contributed by atoms with Crippen LogP contribution in [0.2, 0.25) is 0 Å². The van der Waals surface area contributed by atoms with Gasteiger partial charge < -0.3 is 11.1 Å². The maximum absolute atomic E-state index is 12.5. The molecule has 1 atom stereocenters. The fourth-order valence-corrected chi connectivity index (χ4v) is 4.75. The maximum atomic E-state index is 12.5. The van der Waals surface area contributed by atoms with Crippen LogP contribution in [0.5, 0.6) is 0 Å². The van der Waals surface area contributed by atoms with Crippen molar-refractivity contribution < 1.29 is 13.2 Å². The van der Waals surface area contributed by atoms with Crippen LogP contribution >= 0.6 is 0 Å². The van der Waals surface area contributed by atoms with Gasteiger partial charge in [-0.1, -0.05) is 25.5 Å². The second kappa shape index (κ2) is 8.48. The van der Waals surface area contributed by atoms with E-state index in [4.69, 9.17) is 5.73 Å². The second-order valence-electron chi connectivity index (χ2n) is 6.22. The Labute approximate surface area is 144 Å². The molecule has 7 heteroatoms. The predicted molar refractivity (Wildman–Crippen MR) is 96.0 cm³/mol. The molecule has 0 saturated carbocycles. The number of amides is 1.